The average molecular weight is 798 g/mol. The molecule has 0 bridgehead atoms. The molecule has 4 heteroatoms. The second-order valence-electron chi connectivity index (χ2n) is 12.0. The number of allylic oxidation sites excluding steroid dienone is 4. The Morgan fingerprint density at radius 2 is 0.560 bits per heavy atom. The Kier molecular flexibility index (Phi) is 17.6. The van der Waals surface area contributed by atoms with E-state index in [-0.39, 0.29) is 7.43 Å². The second kappa shape index (κ2) is 22.4. The van der Waals surface area contributed by atoms with E-state index in [1.54, 1.807) is 0 Å². The van der Waals surface area contributed by atoms with Crippen molar-refractivity contribution in [2.75, 3.05) is 0 Å². The molecule has 1 saturated carbocycles. The minimum absolute atomic E-state index is 0. The van der Waals surface area contributed by atoms with Crippen molar-refractivity contribution < 1.29 is 17.3 Å². The van der Waals surface area contributed by atoms with E-state index in [2.05, 4.69) is 216 Å². The number of rotatable bonds is 6. The molecule has 8 rings (SSSR count). The van der Waals surface area contributed by atoms with Gasteiger partial charge in [0.1, 0.15) is 31.8 Å². The first-order chi connectivity index (χ1) is 24.4. The molecule has 0 N–H and O–H groups in total. The molecule has 0 spiro atoms. The molecule has 50 heavy (non-hydrogen) atoms. The van der Waals surface area contributed by atoms with Crippen molar-refractivity contribution in [2.24, 2.45) is 11.8 Å². The summed E-state index contributed by atoms with van der Waals surface area (Å²) in [4.78, 5) is 0. The molecule has 6 aromatic carbocycles. The molecule has 0 radical (unpaired) electrons. The molecule has 0 aliphatic heterocycles. The molecule has 2 atom stereocenters. The first-order valence-electron chi connectivity index (χ1n) is 16.9. The van der Waals surface area contributed by atoms with Gasteiger partial charge in [-0.3, -0.25) is 0 Å². The van der Waals surface area contributed by atoms with Crippen molar-refractivity contribution in [3.8, 4) is 0 Å². The Morgan fingerprint density at radius 1 is 0.360 bits per heavy atom. The van der Waals surface area contributed by atoms with Gasteiger partial charge in [-0.15, -0.1) is 0 Å². The molecule has 0 aromatic heterocycles. The van der Waals surface area contributed by atoms with E-state index in [9.17, 15) is 0 Å². The third-order valence-electron chi connectivity index (χ3n) is 8.83. The predicted molar refractivity (Wildman–Crippen MR) is 224 cm³/mol. The van der Waals surface area contributed by atoms with E-state index < -0.39 is 15.8 Å². The zero-order valence-corrected chi connectivity index (χ0v) is 33.1. The number of fused-ring (bicyclic) bond motifs is 1. The van der Waals surface area contributed by atoms with Gasteiger partial charge in [-0.1, -0.05) is 140 Å². The summed E-state index contributed by atoms with van der Waals surface area (Å²) in [6.07, 6.45) is 13.4. The fourth-order valence-corrected chi connectivity index (χ4v) is 11.7. The Morgan fingerprint density at radius 3 is 0.760 bits per heavy atom. The van der Waals surface area contributed by atoms with Gasteiger partial charge in [-0.05, 0) is 97.5 Å². The number of hydrogen-bond donors (Lipinski definition) is 0. The zero-order valence-electron chi connectivity index (χ0n) is 28.6. The molecule has 0 heterocycles. The monoisotopic (exact) mass is 798 g/mol. The molecular formula is C46H47ClP2Ru+2. The molecule has 1 unspecified atom stereocenters. The quantitative estimate of drug-likeness (QED) is 0.0895. The largest absolute Gasteiger partial charge is 0.102 e. The van der Waals surface area contributed by atoms with Crippen molar-refractivity contribution >= 4 is 57.4 Å². The molecule has 0 amide bonds. The smallest absolute Gasteiger partial charge is 0.0620 e. The van der Waals surface area contributed by atoms with Crippen molar-refractivity contribution in [3.63, 3.8) is 0 Å². The van der Waals surface area contributed by atoms with E-state index >= 15 is 0 Å². The topological polar surface area (TPSA) is 0 Å². The third-order valence-corrected chi connectivity index (χ3v) is 14.3. The van der Waals surface area contributed by atoms with Crippen LogP contribution >= 0.6 is 25.5 Å². The molecule has 0 nitrogen and oxygen atoms in total. The first kappa shape index (κ1) is 39.4. The van der Waals surface area contributed by atoms with Crippen LogP contribution in [0.15, 0.2) is 206 Å². The SMILES string of the molecule is C1=CC2CCC[C@H]2C=C1.[CH3-].[Cl][Ru+].c1ccc([PH+](c2ccccc2)c2ccccc2)cc1.c1ccc([PH+](c2ccccc2)c2ccccc2)cc1. The van der Waals surface area contributed by atoms with Crippen LogP contribution in [-0.4, -0.2) is 0 Å². The predicted octanol–water partition coefficient (Wildman–Crippen LogP) is 10.0. The van der Waals surface area contributed by atoms with Crippen LogP contribution in [-0.2, 0) is 17.3 Å². The average Bonchev–Trinajstić information content (AvgIpc) is 3.68. The van der Waals surface area contributed by atoms with Gasteiger partial charge < -0.3 is 7.43 Å². The van der Waals surface area contributed by atoms with Crippen LogP contribution in [0.3, 0.4) is 0 Å². The van der Waals surface area contributed by atoms with E-state index in [1.165, 1.54) is 51.1 Å². The van der Waals surface area contributed by atoms with Crippen LogP contribution < -0.4 is 31.8 Å². The number of hydrogen-bond acceptors (Lipinski definition) is 0. The zero-order chi connectivity index (χ0) is 33.9. The molecule has 254 valence electrons. The van der Waals surface area contributed by atoms with Crippen molar-refractivity contribution in [1.29, 1.82) is 0 Å². The summed E-state index contributed by atoms with van der Waals surface area (Å²) in [6, 6.07) is 65.0. The van der Waals surface area contributed by atoms with Crippen molar-refractivity contribution in [2.45, 2.75) is 19.3 Å². The maximum atomic E-state index is 4.57. The van der Waals surface area contributed by atoms with Crippen LogP contribution in [0.25, 0.3) is 0 Å². The van der Waals surface area contributed by atoms with Crippen LogP contribution in [0.2, 0.25) is 0 Å². The van der Waals surface area contributed by atoms with Gasteiger partial charge in [0.2, 0.25) is 0 Å². The Bertz CT molecular complexity index is 1480. The fourth-order valence-electron chi connectivity index (χ4n) is 6.54. The van der Waals surface area contributed by atoms with Gasteiger partial charge in [0.05, 0.1) is 15.8 Å². The normalized spacial score (nSPS) is 15.2. The summed E-state index contributed by atoms with van der Waals surface area (Å²) in [5.74, 6) is 1.80. The van der Waals surface area contributed by atoms with Crippen LogP contribution in [0.5, 0.6) is 0 Å². The van der Waals surface area contributed by atoms with Crippen LogP contribution in [0, 0.1) is 19.3 Å². The first-order valence-corrected chi connectivity index (χ1v) is 22.2. The molecule has 1 fully saturated rings. The van der Waals surface area contributed by atoms with E-state index in [1.807, 2.05) is 17.3 Å². The standard InChI is InChI=1S/2C18H15P.C9H12.CH3.ClH.Ru/c2*1-4-10-16(11-5-1)19(17-12-6-2-7-13-17)18-14-8-3-9-15-18;1-2-5-9-7-3-6-8(9)4-1;;;/h2*1-15H;1-2,4-5,8-9H,3,6-7H2;1H3;1H;/q;;;-1;;+2/p+1/t;;8-,9?;;;/m..1.../s1. The van der Waals surface area contributed by atoms with Gasteiger partial charge >= 0.3 is 27.0 Å². The van der Waals surface area contributed by atoms with Crippen molar-refractivity contribution in [3.05, 3.63) is 214 Å². The Hall–Kier alpha value is -3.43. The molecule has 2 aliphatic carbocycles. The van der Waals surface area contributed by atoms with Crippen LogP contribution in [0.1, 0.15) is 19.3 Å². The molecule has 0 saturated heterocycles. The van der Waals surface area contributed by atoms with Gasteiger partial charge in [0, 0.05) is 0 Å². The van der Waals surface area contributed by atoms with Gasteiger partial charge in [-0.25, -0.2) is 0 Å². The Balaban J connectivity index is 0.000000172. The molecular weight excluding hydrogens is 751 g/mol. The minimum Gasteiger partial charge on any atom is -0.0620 e. The third kappa shape index (κ3) is 11.6. The summed E-state index contributed by atoms with van der Waals surface area (Å²) in [5, 5.41) is 8.61. The molecule has 2 aliphatic rings. The summed E-state index contributed by atoms with van der Waals surface area (Å²) in [7, 11) is 2.81. The van der Waals surface area contributed by atoms with E-state index in [0.29, 0.717) is 0 Å². The van der Waals surface area contributed by atoms with Gasteiger partial charge in [-0.2, -0.15) is 0 Å². The number of halogens is 1. The summed E-state index contributed by atoms with van der Waals surface area (Å²) < 4.78 is 0. The van der Waals surface area contributed by atoms with Crippen molar-refractivity contribution in [1.82, 2.24) is 0 Å². The van der Waals surface area contributed by atoms with Gasteiger partial charge in [0.15, 0.2) is 0 Å². The minimum atomic E-state index is -0.877. The van der Waals surface area contributed by atoms with Gasteiger partial charge in [0.25, 0.3) is 0 Å². The van der Waals surface area contributed by atoms with E-state index in [4.69, 9.17) is 0 Å². The maximum Gasteiger partial charge on any atom is 0.102 e. The summed E-state index contributed by atoms with van der Waals surface area (Å²) in [5.41, 5.74) is 0. The molecule has 6 aromatic rings. The Labute approximate surface area is 317 Å². The second-order valence-corrected chi connectivity index (χ2v) is 16.9. The maximum absolute atomic E-state index is 4.57. The van der Waals surface area contributed by atoms with E-state index in [0.717, 1.165) is 11.8 Å². The summed E-state index contributed by atoms with van der Waals surface area (Å²) >= 11 is 1.82. The fraction of sp³-hybridized carbons (Fsp3) is 0.109. The number of benzene rings is 6. The van der Waals surface area contributed by atoms with Crippen LogP contribution in [0.4, 0.5) is 0 Å². The summed E-state index contributed by atoms with van der Waals surface area (Å²) in [6.45, 7) is 0.